The summed E-state index contributed by atoms with van der Waals surface area (Å²) in [4.78, 5) is 33.2. The smallest absolute Gasteiger partial charge is 0.337 e. The molecule has 3 N–H and O–H groups in total. The molecule has 0 unspecified atom stereocenters. The van der Waals surface area contributed by atoms with Crippen molar-refractivity contribution >= 4 is 52.2 Å². The fourth-order valence-corrected chi connectivity index (χ4v) is 2.27. The van der Waals surface area contributed by atoms with E-state index in [-0.39, 0.29) is 26.9 Å². The first-order valence-electron chi connectivity index (χ1n) is 6.67. The predicted molar refractivity (Wildman–Crippen MR) is 95.2 cm³/mol. The molecule has 0 radical (unpaired) electrons. The van der Waals surface area contributed by atoms with Crippen molar-refractivity contribution in [1.82, 2.24) is 5.32 Å². The summed E-state index contributed by atoms with van der Waals surface area (Å²) in [6, 6.07) is 9.27. The second-order valence-corrected chi connectivity index (χ2v) is 5.53. The molecule has 0 aromatic heterocycles. The van der Waals surface area contributed by atoms with Crippen LogP contribution in [0.2, 0.25) is 5.02 Å². The van der Waals surface area contributed by atoms with E-state index >= 15 is 0 Å². The lowest BCUT2D eigenvalue weighted by Crippen LogP contribution is -2.34. The molecule has 8 nitrogen and oxygen atoms in total. The highest BCUT2D eigenvalue weighted by molar-refractivity contribution is 7.80. The maximum Gasteiger partial charge on any atom is 0.337 e. The molecular formula is C15H10ClN3O5S. The van der Waals surface area contributed by atoms with Gasteiger partial charge in [0.05, 0.1) is 15.5 Å². The minimum absolute atomic E-state index is 0.0562. The van der Waals surface area contributed by atoms with Crippen LogP contribution >= 0.6 is 23.8 Å². The number of non-ortho nitro benzene ring substituents is 1. The number of carbonyl (C=O) groups excluding carboxylic acids is 1. The third-order valence-corrected chi connectivity index (χ3v) is 3.53. The zero-order valence-corrected chi connectivity index (χ0v) is 13.9. The molecule has 0 saturated carbocycles. The van der Waals surface area contributed by atoms with E-state index in [2.05, 4.69) is 10.6 Å². The average molecular weight is 380 g/mol. The number of carboxylic acid groups (broad SMARTS) is 1. The van der Waals surface area contributed by atoms with Crippen molar-refractivity contribution in [1.29, 1.82) is 0 Å². The van der Waals surface area contributed by atoms with Crippen LogP contribution in [0.3, 0.4) is 0 Å². The molecule has 0 aliphatic carbocycles. The Morgan fingerprint density at radius 1 is 1.20 bits per heavy atom. The van der Waals surface area contributed by atoms with E-state index in [1.165, 1.54) is 36.4 Å². The topological polar surface area (TPSA) is 122 Å². The van der Waals surface area contributed by atoms with Gasteiger partial charge in [0.2, 0.25) is 0 Å². The summed E-state index contributed by atoms with van der Waals surface area (Å²) >= 11 is 10.7. The van der Waals surface area contributed by atoms with Gasteiger partial charge >= 0.3 is 5.97 Å². The summed E-state index contributed by atoms with van der Waals surface area (Å²) in [5.74, 6) is -1.85. The largest absolute Gasteiger partial charge is 0.478 e. The number of nitrogens with one attached hydrogen (secondary N) is 2. The van der Waals surface area contributed by atoms with Crippen molar-refractivity contribution in [2.24, 2.45) is 0 Å². The first-order valence-corrected chi connectivity index (χ1v) is 7.46. The van der Waals surface area contributed by atoms with Crippen LogP contribution in [0.15, 0.2) is 42.5 Å². The Bertz CT molecular complexity index is 887. The number of halogens is 1. The van der Waals surface area contributed by atoms with E-state index in [9.17, 15) is 19.7 Å². The second kappa shape index (κ2) is 7.69. The highest BCUT2D eigenvalue weighted by Crippen LogP contribution is 2.20. The highest BCUT2D eigenvalue weighted by Gasteiger charge is 2.14. The molecular weight excluding hydrogens is 370 g/mol. The van der Waals surface area contributed by atoms with Gasteiger partial charge in [-0.15, -0.1) is 0 Å². The second-order valence-electron chi connectivity index (χ2n) is 4.72. The van der Waals surface area contributed by atoms with Crippen molar-refractivity contribution in [2.75, 3.05) is 5.32 Å². The fraction of sp³-hybridized carbons (Fsp3) is 0. The lowest BCUT2D eigenvalue weighted by Gasteiger charge is -2.10. The van der Waals surface area contributed by atoms with E-state index in [0.29, 0.717) is 5.69 Å². The predicted octanol–water partition coefficient (Wildman–Crippen LogP) is 3.07. The van der Waals surface area contributed by atoms with Gasteiger partial charge in [-0.3, -0.25) is 20.2 Å². The lowest BCUT2D eigenvalue weighted by molar-refractivity contribution is -0.384. The van der Waals surface area contributed by atoms with Crippen molar-refractivity contribution in [2.45, 2.75) is 0 Å². The van der Waals surface area contributed by atoms with Crippen LogP contribution in [0.25, 0.3) is 0 Å². The Balaban J connectivity index is 2.09. The van der Waals surface area contributed by atoms with E-state index in [1.807, 2.05) is 0 Å². The number of rotatable bonds is 4. The monoisotopic (exact) mass is 379 g/mol. The van der Waals surface area contributed by atoms with Gasteiger partial charge in [0.15, 0.2) is 5.11 Å². The number of amides is 1. The summed E-state index contributed by atoms with van der Waals surface area (Å²) in [6.45, 7) is 0. The molecule has 0 fully saturated rings. The van der Waals surface area contributed by atoms with Gasteiger partial charge in [-0.2, -0.15) is 0 Å². The summed E-state index contributed by atoms with van der Waals surface area (Å²) in [5, 5.41) is 24.7. The number of carboxylic acids is 1. The molecule has 0 saturated heterocycles. The van der Waals surface area contributed by atoms with Crippen LogP contribution in [0.4, 0.5) is 11.4 Å². The van der Waals surface area contributed by atoms with Gasteiger partial charge in [0.1, 0.15) is 0 Å². The number of carbonyl (C=O) groups is 2. The zero-order chi connectivity index (χ0) is 18.6. The standard InChI is InChI=1S/C15H10ClN3O5S/c16-12-5-4-9(7-11(12)14(21)22)17-15(25)18-13(20)8-2-1-3-10(6-8)19(23)24/h1-7H,(H,21,22)(H2,17,18,20,25). The van der Waals surface area contributed by atoms with Crippen molar-refractivity contribution in [3.63, 3.8) is 0 Å². The SMILES string of the molecule is O=C(NC(=S)Nc1ccc(Cl)c(C(=O)O)c1)c1cccc([N+](=O)[O-])c1. The number of aromatic carboxylic acids is 1. The molecule has 0 aliphatic rings. The van der Waals surface area contributed by atoms with E-state index in [1.54, 1.807) is 0 Å². The summed E-state index contributed by atoms with van der Waals surface area (Å²) in [7, 11) is 0. The van der Waals surface area contributed by atoms with Crippen molar-refractivity contribution in [3.05, 3.63) is 68.7 Å². The maximum atomic E-state index is 12.1. The van der Waals surface area contributed by atoms with Crippen LogP contribution < -0.4 is 10.6 Å². The number of nitro benzene ring substituents is 1. The van der Waals surface area contributed by atoms with Crippen LogP contribution in [-0.4, -0.2) is 27.0 Å². The van der Waals surface area contributed by atoms with Crippen molar-refractivity contribution < 1.29 is 19.6 Å². The molecule has 128 valence electrons. The van der Waals surface area contributed by atoms with Gasteiger partial charge in [-0.1, -0.05) is 17.7 Å². The average Bonchev–Trinajstić information content (AvgIpc) is 2.56. The van der Waals surface area contributed by atoms with Crippen LogP contribution in [0.5, 0.6) is 0 Å². The highest BCUT2D eigenvalue weighted by atomic mass is 35.5. The van der Waals surface area contributed by atoms with Gasteiger partial charge in [0.25, 0.3) is 11.6 Å². The third-order valence-electron chi connectivity index (χ3n) is 3.00. The lowest BCUT2D eigenvalue weighted by atomic mass is 10.2. The van der Waals surface area contributed by atoms with E-state index in [4.69, 9.17) is 28.9 Å². The Morgan fingerprint density at radius 2 is 1.92 bits per heavy atom. The number of nitro groups is 1. The molecule has 25 heavy (non-hydrogen) atoms. The normalized spacial score (nSPS) is 9.96. The quantitative estimate of drug-likeness (QED) is 0.424. The van der Waals surface area contributed by atoms with Gasteiger partial charge < -0.3 is 10.4 Å². The van der Waals surface area contributed by atoms with Gasteiger partial charge in [0, 0.05) is 23.4 Å². The van der Waals surface area contributed by atoms with E-state index < -0.39 is 16.8 Å². The number of hydrogen-bond acceptors (Lipinski definition) is 5. The van der Waals surface area contributed by atoms with Gasteiger partial charge in [-0.25, -0.2) is 4.79 Å². The number of hydrogen-bond donors (Lipinski definition) is 3. The Kier molecular flexibility index (Phi) is 5.63. The molecule has 0 atom stereocenters. The molecule has 0 aliphatic heterocycles. The maximum absolute atomic E-state index is 12.1. The molecule has 2 aromatic carbocycles. The number of nitrogens with zero attached hydrogens (tertiary/aromatic N) is 1. The first kappa shape index (κ1) is 18.3. The number of anilines is 1. The molecule has 2 rings (SSSR count). The number of thiocarbonyl (C=S) groups is 1. The first-order chi connectivity index (χ1) is 11.8. The molecule has 0 spiro atoms. The minimum Gasteiger partial charge on any atom is -0.478 e. The minimum atomic E-state index is -1.21. The zero-order valence-electron chi connectivity index (χ0n) is 12.4. The van der Waals surface area contributed by atoms with E-state index in [0.717, 1.165) is 6.07 Å². The van der Waals surface area contributed by atoms with Crippen LogP contribution in [0.1, 0.15) is 20.7 Å². The Hall–Kier alpha value is -3.04. The molecule has 2 aromatic rings. The Morgan fingerprint density at radius 3 is 2.56 bits per heavy atom. The summed E-state index contributed by atoms with van der Waals surface area (Å²) in [6.07, 6.45) is 0. The van der Waals surface area contributed by atoms with Crippen LogP contribution in [-0.2, 0) is 0 Å². The Labute approximate surface area is 151 Å². The van der Waals surface area contributed by atoms with Crippen LogP contribution in [0, 0.1) is 10.1 Å². The molecule has 0 bridgehead atoms. The summed E-state index contributed by atoms with van der Waals surface area (Å²) < 4.78 is 0. The summed E-state index contributed by atoms with van der Waals surface area (Å²) in [5.41, 5.74) is 0.0154. The number of benzene rings is 2. The fourth-order valence-electron chi connectivity index (χ4n) is 1.87. The molecule has 1 amide bonds. The third kappa shape index (κ3) is 4.72. The van der Waals surface area contributed by atoms with Gasteiger partial charge in [-0.05, 0) is 36.5 Å². The molecule has 0 heterocycles. The van der Waals surface area contributed by atoms with Crippen molar-refractivity contribution in [3.8, 4) is 0 Å². The molecule has 10 heteroatoms.